The van der Waals surface area contributed by atoms with E-state index in [2.05, 4.69) is 14.9 Å². The van der Waals surface area contributed by atoms with E-state index in [0.29, 0.717) is 49.7 Å². The summed E-state index contributed by atoms with van der Waals surface area (Å²) in [5, 5.41) is 0. The largest absolute Gasteiger partial charge is 0.354 e. The van der Waals surface area contributed by atoms with Gasteiger partial charge in [0, 0.05) is 49.2 Å². The van der Waals surface area contributed by atoms with E-state index in [9.17, 15) is 9.59 Å². The fourth-order valence-corrected chi connectivity index (χ4v) is 4.24. The molecular weight excluding hydrogens is 390 g/mol. The molecule has 31 heavy (non-hydrogen) atoms. The first-order valence-corrected chi connectivity index (χ1v) is 10.6. The van der Waals surface area contributed by atoms with Gasteiger partial charge in [0.15, 0.2) is 11.6 Å². The number of rotatable bonds is 5. The second-order valence-electron chi connectivity index (χ2n) is 7.77. The van der Waals surface area contributed by atoms with E-state index >= 15 is 0 Å². The Morgan fingerprint density at radius 1 is 1.06 bits per heavy atom. The molecule has 0 spiro atoms. The molecule has 1 saturated heterocycles. The Morgan fingerprint density at radius 3 is 2.42 bits per heavy atom. The molecule has 7 heteroatoms. The Labute approximate surface area is 182 Å². The second-order valence-corrected chi connectivity index (χ2v) is 7.77. The number of hydrogen-bond acceptors (Lipinski definition) is 5. The van der Waals surface area contributed by atoms with Crippen molar-refractivity contribution in [2.45, 2.75) is 27.2 Å². The van der Waals surface area contributed by atoms with Crippen molar-refractivity contribution in [2.75, 3.05) is 31.1 Å². The molecule has 1 aliphatic rings. The lowest BCUT2D eigenvalue weighted by Gasteiger charge is -2.35. The molecule has 0 aliphatic carbocycles. The highest BCUT2D eigenvalue weighted by Crippen LogP contribution is 2.23. The second kappa shape index (κ2) is 8.71. The van der Waals surface area contributed by atoms with Crippen LogP contribution in [0.1, 0.15) is 46.0 Å². The van der Waals surface area contributed by atoms with Crippen molar-refractivity contribution in [3.05, 3.63) is 65.1 Å². The molecule has 3 heterocycles. The average molecular weight is 418 g/mol. The maximum absolute atomic E-state index is 13.2. The monoisotopic (exact) mass is 417 g/mol. The van der Waals surface area contributed by atoms with E-state index in [1.54, 1.807) is 13.1 Å². The van der Waals surface area contributed by atoms with Crippen LogP contribution >= 0.6 is 0 Å². The van der Waals surface area contributed by atoms with Gasteiger partial charge in [0.05, 0.1) is 0 Å². The van der Waals surface area contributed by atoms with Crippen LogP contribution in [-0.4, -0.2) is 57.7 Å². The summed E-state index contributed by atoms with van der Waals surface area (Å²) in [6.45, 7) is 7.96. The number of Topliss-reactive ketones (excluding diaryl/α,β-unsaturated/α-hetero) is 1. The molecule has 2 aromatic heterocycles. The minimum Gasteiger partial charge on any atom is -0.354 e. The number of aromatic nitrogens is 3. The first kappa shape index (κ1) is 20.8. The molecule has 4 rings (SSSR count). The van der Waals surface area contributed by atoms with Crippen molar-refractivity contribution in [3.8, 4) is 11.4 Å². The number of anilines is 1. The molecule has 0 radical (unpaired) electrons. The van der Waals surface area contributed by atoms with Crippen LogP contribution in [0, 0.1) is 6.92 Å². The highest BCUT2D eigenvalue weighted by atomic mass is 16.2. The van der Waals surface area contributed by atoms with Crippen molar-refractivity contribution >= 4 is 17.5 Å². The van der Waals surface area contributed by atoms with Crippen LogP contribution in [0.5, 0.6) is 0 Å². The number of aromatic amines is 1. The normalized spacial score (nSPS) is 14.0. The number of amides is 1. The van der Waals surface area contributed by atoms with Crippen LogP contribution in [0.15, 0.2) is 42.6 Å². The number of carbonyl (C=O) groups is 2. The third-order valence-electron chi connectivity index (χ3n) is 5.77. The summed E-state index contributed by atoms with van der Waals surface area (Å²) in [7, 11) is 0. The molecule has 7 nitrogen and oxygen atoms in total. The van der Waals surface area contributed by atoms with Gasteiger partial charge in [0.2, 0.25) is 0 Å². The Morgan fingerprint density at radius 2 is 1.77 bits per heavy atom. The molecule has 0 bridgehead atoms. The molecule has 1 aliphatic heterocycles. The molecular formula is C24H27N5O2. The Bertz CT molecular complexity index is 1100. The lowest BCUT2D eigenvalue weighted by atomic mass is 10.0. The molecule has 0 atom stereocenters. The Balaban J connectivity index is 1.48. The number of hydrogen-bond donors (Lipinski definition) is 1. The molecule has 0 unspecified atom stereocenters. The highest BCUT2D eigenvalue weighted by Gasteiger charge is 2.28. The summed E-state index contributed by atoms with van der Waals surface area (Å²) in [6.07, 6.45) is 2.42. The van der Waals surface area contributed by atoms with E-state index in [1.165, 1.54) is 0 Å². The molecule has 1 aromatic carbocycles. The standard InChI is InChI=1S/C24H27N5O2/c1-4-19-21(17(3)30)16(2)26-22(19)24(31)29-14-12-28(13-15-29)20-10-11-25-23(27-20)18-8-6-5-7-9-18/h5-11,26H,4,12-15H2,1-3H3. The predicted octanol–water partition coefficient (Wildman–Crippen LogP) is 3.51. The van der Waals surface area contributed by atoms with Crippen LogP contribution < -0.4 is 4.90 Å². The van der Waals surface area contributed by atoms with Gasteiger partial charge in [-0.1, -0.05) is 37.3 Å². The summed E-state index contributed by atoms with van der Waals surface area (Å²) >= 11 is 0. The SMILES string of the molecule is CCc1c(C(=O)N2CCN(c3ccnc(-c4ccccc4)n3)CC2)[nH]c(C)c1C(C)=O. The van der Waals surface area contributed by atoms with E-state index in [0.717, 1.165) is 22.6 Å². The smallest absolute Gasteiger partial charge is 0.270 e. The van der Waals surface area contributed by atoms with Crippen LogP contribution in [0.25, 0.3) is 11.4 Å². The van der Waals surface area contributed by atoms with E-state index < -0.39 is 0 Å². The first-order chi connectivity index (χ1) is 15.0. The van der Waals surface area contributed by atoms with Crippen molar-refractivity contribution in [1.82, 2.24) is 19.9 Å². The molecule has 1 N–H and O–H groups in total. The van der Waals surface area contributed by atoms with Gasteiger partial charge < -0.3 is 14.8 Å². The van der Waals surface area contributed by atoms with Gasteiger partial charge in [-0.25, -0.2) is 9.97 Å². The Kier molecular flexibility index (Phi) is 5.84. The maximum atomic E-state index is 13.2. The van der Waals surface area contributed by atoms with Crippen LogP contribution in [0.4, 0.5) is 5.82 Å². The fraction of sp³-hybridized carbons (Fsp3) is 0.333. The number of ketones is 1. The first-order valence-electron chi connectivity index (χ1n) is 10.6. The number of nitrogens with one attached hydrogen (secondary N) is 1. The van der Waals surface area contributed by atoms with E-state index in [4.69, 9.17) is 4.98 Å². The maximum Gasteiger partial charge on any atom is 0.270 e. The van der Waals surface area contributed by atoms with Crippen molar-refractivity contribution in [2.24, 2.45) is 0 Å². The number of aryl methyl sites for hydroxylation is 1. The quantitative estimate of drug-likeness (QED) is 0.643. The predicted molar refractivity (Wildman–Crippen MR) is 120 cm³/mol. The summed E-state index contributed by atoms with van der Waals surface area (Å²) in [5.74, 6) is 1.51. The summed E-state index contributed by atoms with van der Waals surface area (Å²) in [5.41, 5.74) is 3.76. The number of H-pyrrole nitrogens is 1. The minimum atomic E-state index is -0.0419. The van der Waals surface area contributed by atoms with Crippen LogP contribution in [0.2, 0.25) is 0 Å². The van der Waals surface area contributed by atoms with Gasteiger partial charge in [-0.15, -0.1) is 0 Å². The average Bonchev–Trinajstić information content (AvgIpc) is 3.16. The van der Waals surface area contributed by atoms with Gasteiger partial charge >= 0.3 is 0 Å². The van der Waals surface area contributed by atoms with Gasteiger partial charge in [-0.05, 0) is 31.9 Å². The summed E-state index contributed by atoms with van der Waals surface area (Å²) < 4.78 is 0. The lowest BCUT2D eigenvalue weighted by molar-refractivity contribution is 0.0740. The van der Waals surface area contributed by atoms with Crippen molar-refractivity contribution < 1.29 is 9.59 Å². The molecule has 160 valence electrons. The number of nitrogens with zero attached hydrogens (tertiary/aromatic N) is 4. The van der Waals surface area contributed by atoms with Gasteiger partial charge in [0.1, 0.15) is 11.5 Å². The molecule has 1 amide bonds. The van der Waals surface area contributed by atoms with Crippen molar-refractivity contribution in [3.63, 3.8) is 0 Å². The minimum absolute atomic E-state index is 0.00699. The Hall–Kier alpha value is -3.48. The molecule has 1 fully saturated rings. The third-order valence-corrected chi connectivity index (χ3v) is 5.77. The topological polar surface area (TPSA) is 82.2 Å². The van der Waals surface area contributed by atoms with E-state index in [-0.39, 0.29) is 11.7 Å². The zero-order valence-electron chi connectivity index (χ0n) is 18.2. The van der Waals surface area contributed by atoms with E-state index in [1.807, 2.05) is 55.1 Å². The summed E-state index contributed by atoms with van der Waals surface area (Å²) in [6, 6.07) is 11.8. The lowest BCUT2D eigenvalue weighted by Crippen LogP contribution is -2.49. The van der Waals surface area contributed by atoms with Crippen molar-refractivity contribution in [1.29, 1.82) is 0 Å². The van der Waals surface area contributed by atoms with Gasteiger partial charge in [-0.3, -0.25) is 9.59 Å². The van der Waals surface area contributed by atoms with Crippen LogP contribution in [0.3, 0.4) is 0 Å². The fourth-order valence-electron chi connectivity index (χ4n) is 4.24. The highest BCUT2D eigenvalue weighted by molar-refractivity contribution is 6.02. The van der Waals surface area contributed by atoms with Gasteiger partial charge in [0.25, 0.3) is 5.91 Å². The third kappa shape index (κ3) is 4.08. The number of benzene rings is 1. The molecule has 0 saturated carbocycles. The zero-order chi connectivity index (χ0) is 22.0. The number of piperazine rings is 1. The summed E-state index contributed by atoms with van der Waals surface area (Å²) in [4.78, 5) is 41.5. The number of carbonyl (C=O) groups excluding carboxylic acids is 2. The van der Waals surface area contributed by atoms with Gasteiger partial charge in [-0.2, -0.15) is 0 Å². The zero-order valence-corrected chi connectivity index (χ0v) is 18.2. The van der Waals surface area contributed by atoms with Crippen LogP contribution in [-0.2, 0) is 6.42 Å². The molecule has 3 aromatic rings.